The quantitative estimate of drug-likeness (QED) is 0.752. The van der Waals surface area contributed by atoms with Crippen LogP contribution in [0, 0.1) is 11.3 Å². The van der Waals surface area contributed by atoms with Gasteiger partial charge in [-0.05, 0) is 35.8 Å². The van der Waals surface area contributed by atoms with Gasteiger partial charge in [-0.25, -0.2) is 8.42 Å². The van der Waals surface area contributed by atoms with E-state index in [4.69, 9.17) is 10.8 Å². The molecule has 0 spiro atoms. The minimum atomic E-state index is -3.84. The van der Waals surface area contributed by atoms with E-state index in [-0.39, 0.29) is 34.9 Å². The number of benzene rings is 2. The minimum Gasteiger partial charge on any atom is -0.396 e. The van der Waals surface area contributed by atoms with Crippen LogP contribution in [0.1, 0.15) is 23.6 Å². The Bertz CT molecular complexity index is 857. The molecular weight excluding hydrogens is 360 g/mol. The molecule has 2 rings (SSSR count). The van der Waals surface area contributed by atoms with Crippen LogP contribution in [0.15, 0.2) is 64.4 Å². The van der Waals surface area contributed by atoms with E-state index in [0.717, 1.165) is 5.56 Å². The van der Waals surface area contributed by atoms with Gasteiger partial charge in [0.2, 0.25) is 9.84 Å². The van der Waals surface area contributed by atoms with Crippen molar-refractivity contribution in [2.45, 2.75) is 17.4 Å². The van der Waals surface area contributed by atoms with E-state index in [2.05, 4.69) is 0 Å². The Morgan fingerprint density at radius 2 is 1.76 bits per heavy atom. The van der Waals surface area contributed by atoms with Gasteiger partial charge in [-0.3, -0.25) is 0 Å². The Labute approximate surface area is 153 Å². The molecule has 0 amide bonds. The fourth-order valence-electron chi connectivity index (χ4n) is 2.19. The lowest BCUT2D eigenvalue weighted by Crippen LogP contribution is -2.11. The highest BCUT2D eigenvalue weighted by Gasteiger charge is 2.20. The van der Waals surface area contributed by atoms with E-state index in [1.165, 1.54) is 18.2 Å². The van der Waals surface area contributed by atoms with E-state index in [0.29, 0.717) is 12.0 Å². The molecule has 0 saturated heterocycles. The van der Waals surface area contributed by atoms with Gasteiger partial charge in [0, 0.05) is 12.6 Å². The number of hydrogen-bond acceptors (Lipinski definition) is 5. The number of hydrogen-bond donors (Lipinski definition) is 2. The van der Waals surface area contributed by atoms with Gasteiger partial charge in [-0.2, -0.15) is 5.26 Å². The largest absolute Gasteiger partial charge is 0.396 e. The van der Waals surface area contributed by atoms with Crippen LogP contribution in [-0.2, 0) is 9.84 Å². The van der Waals surface area contributed by atoms with Gasteiger partial charge in [0.15, 0.2) is 0 Å². The maximum absolute atomic E-state index is 12.5. The van der Waals surface area contributed by atoms with E-state index in [1.807, 2.05) is 0 Å². The Hall–Kier alpha value is -2.17. The van der Waals surface area contributed by atoms with Crippen molar-refractivity contribution in [2.75, 3.05) is 6.61 Å². The van der Waals surface area contributed by atoms with Crippen molar-refractivity contribution < 1.29 is 13.5 Å². The fraction of sp³-hybridized carbons (Fsp3) is 0.167. The monoisotopic (exact) mass is 378 g/mol. The average molecular weight is 379 g/mol. The molecule has 0 saturated carbocycles. The second-order valence-electron chi connectivity index (χ2n) is 5.22. The van der Waals surface area contributed by atoms with Crippen molar-refractivity contribution in [2.24, 2.45) is 5.73 Å². The van der Waals surface area contributed by atoms with Crippen LogP contribution in [-0.4, -0.2) is 20.1 Å². The molecule has 0 radical (unpaired) electrons. The van der Waals surface area contributed by atoms with Crippen LogP contribution in [0.3, 0.4) is 0 Å². The molecule has 2 aromatic rings. The van der Waals surface area contributed by atoms with Gasteiger partial charge in [0.05, 0.1) is 4.90 Å². The smallest absolute Gasteiger partial charge is 0.216 e. The highest BCUT2D eigenvalue weighted by atomic mass is 35.5. The molecule has 5 nitrogen and oxygen atoms in total. The Morgan fingerprint density at radius 1 is 1.16 bits per heavy atom. The first-order chi connectivity index (χ1) is 11.5. The molecule has 2 aromatic carbocycles. The second kappa shape index (κ2) is 9.35. The van der Waals surface area contributed by atoms with Crippen LogP contribution in [0.4, 0.5) is 0 Å². The van der Waals surface area contributed by atoms with Gasteiger partial charge in [-0.1, -0.05) is 42.5 Å². The molecule has 0 aliphatic carbocycles. The molecule has 7 heteroatoms. The summed E-state index contributed by atoms with van der Waals surface area (Å²) < 4.78 is 25.0. The summed E-state index contributed by atoms with van der Waals surface area (Å²) in [5, 5.41) is 18.2. The molecule has 0 fully saturated rings. The van der Waals surface area contributed by atoms with E-state index in [1.54, 1.807) is 48.5 Å². The number of sulfone groups is 1. The number of aliphatic hydroxyl groups excluding tert-OH is 1. The molecule has 1 unspecified atom stereocenters. The van der Waals surface area contributed by atoms with Crippen LogP contribution in [0.2, 0.25) is 0 Å². The van der Waals surface area contributed by atoms with Crippen molar-refractivity contribution in [1.82, 2.24) is 0 Å². The maximum Gasteiger partial charge on any atom is 0.216 e. The SMILES string of the molecule is Cl.N#C/C(=C\c1ccc(C(N)CCO)cc1)S(=O)(=O)c1ccccc1. The van der Waals surface area contributed by atoms with Crippen molar-refractivity contribution >= 4 is 28.3 Å². The first-order valence-corrected chi connectivity index (χ1v) is 8.85. The molecule has 0 aliphatic heterocycles. The first-order valence-electron chi connectivity index (χ1n) is 7.37. The van der Waals surface area contributed by atoms with Crippen LogP contribution in [0.5, 0.6) is 0 Å². The normalized spacial score (nSPS) is 12.8. The molecule has 0 aromatic heterocycles. The molecule has 132 valence electrons. The van der Waals surface area contributed by atoms with Crippen LogP contribution < -0.4 is 5.73 Å². The summed E-state index contributed by atoms with van der Waals surface area (Å²) in [6.45, 7) is -0.00325. The number of nitrogens with two attached hydrogens (primary N) is 1. The molecule has 0 heterocycles. The summed E-state index contributed by atoms with van der Waals surface area (Å²) >= 11 is 0. The first kappa shape index (κ1) is 20.9. The lowest BCUT2D eigenvalue weighted by Gasteiger charge is -2.10. The maximum atomic E-state index is 12.5. The Kier molecular flexibility index (Phi) is 7.81. The van der Waals surface area contributed by atoms with Gasteiger partial charge >= 0.3 is 0 Å². The average Bonchev–Trinajstić information content (AvgIpc) is 2.61. The van der Waals surface area contributed by atoms with Crippen molar-refractivity contribution in [3.8, 4) is 6.07 Å². The van der Waals surface area contributed by atoms with Crippen LogP contribution >= 0.6 is 12.4 Å². The number of nitriles is 1. The Morgan fingerprint density at radius 3 is 2.28 bits per heavy atom. The number of rotatable bonds is 6. The van der Waals surface area contributed by atoms with Crippen molar-refractivity contribution in [1.29, 1.82) is 5.26 Å². The standard InChI is InChI=1S/C18H18N2O3S.ClH/c19-13-17(24(22,23)16-4-2-1-3-5-16)12-14-6-8-15(9-7-14)18(20)10-11-21;/h1-9,12,18,21H,10-11,20H2;1H/b17-12+;. The topological polar surface area (TPSA) is 104 Å². The highest BCUT2D eigenvalue weighted by Crippen LogP contribution is 2.22. The molecule has 0 bridgehead atoms. The predicted octanol–water partition coefficient (Wildman–Crippen LogP) is 2.83. The molecular formula is C18H19ClN2O3S. The minimum absolute atomic E-state index is 0. The number of nitrogens with zero attached hydrogens (tertiary/aromatic N) is 1. The van der Waals surface area contributed by atoms with Crippen molar-refractivity contribution in [3.63, 3.8) is 0 Å². The summed E-state index contributed by atoms with van der Waals surface area (Å²) in [4.78, 5) is -0.236. The predicted molar refractivity (Wildman–Crippen MR) is 99.5 cm³/mol. The summed E-state index contributed by atoms with van der Waals surface area (Å²) in [7, 11) is -3.84. The summed E-state index contributed by atoms with van der Waals surface area (Å²) in [5.41, 5.74) is 7.33. The molecule has 1 atom stereocenters. The zero-order valence-corrected chi connectivity index (χ0v) is 15.0. The summed E-state index contributed by atoms with van der Waals surface area (Å²) in [5.74, 6) is 0. The number of allylic oxidation sites excluding steroid dienone is 1. The Balaban J connectivity index is 0.00000312. The second-order valence-corrected chi connectivity index (χ2v) is 7.14. The summed E-state index contributed by atoms with van der Waals surface area (Å²) in [6.07, 6.45) is 1.78. The third-order valence-electron chi connectivity index (χ3n) is 3.56. The van der Waals surface area contributed by atoms with E-state index >= 15 is 0 Å². The van der Waals surface area contributed by atoms with Crippen LogP contribution in [0.25, 0.3) is 6.08 Å². The van der Waals surface area contributed by atoms with Crippen molar-refractivity contribution in [3.05, 3.63) is 70.6 Å². The lowest BCUT2D eigenvalue weighted by molar-refractivity contribution is 0.276. The van der Waals surface area contributed by atoms with Gasteiger partial charge in [-0.15, -0.1) is 12.4 Å². The zero-order valence-electron chi connectivity index (χ0n) is 13.4. The highest BCUT2D eigenvalue weighted by molar-refractivity contribution is 7.95. The van der Waals surface area contributed by atoms with Gasteiger partial charge < -0.3 is 10.8 Å². The number of aliphatic hydroxyl groups is 1. The summed E-state index contributed by atoms with van der Waals surface area (Å²) in [6, 6.07) is 16.2. The van der Waals surface area contributed by atoms with Gasteiger partial charge in [0.1, 0.15) is 11.0 Å². The van der Waals surface area contributed by atoms with Gasteiger partial charge in [0.25, 0.3) is 0 Å². The molecule has 3 N–H and O–H groups in total. The zero-order chi connectivity index (χ0) is 17.6. The molecule has 25 heavy (non-hydrogen) atoms. The third kappa shape index (κ3) is 5.15. The molecule has 0 aliphatic rings. The van der Waals surface area contributed by atoms with E-state index in [9.17, 15) is 13.7 Å². The lowest BCUT2D eigenvalue weighted by atomic mass is 10.0. The van der Waals surface area contributed by atoms with E-state index < -0.39 is 9.84 Å². The third-order valence-corrected chi connectivity index (χ3v) is 5.24. The fourth-order valence-corrected chi connectivity index (χ4v) is 3.37. The number of halogens is 1.